The zero-order valence-electron chi connectivity index (χ0n) is 37.3. The topological polar surface area (TPSA) is 78.9 Å². The maximum absolute atomic E-state index is 12.7. The summed E-state index contributed by atoms with van der Waals surface area (Å²) < 4.78 is 16.6. The lowest BCUT2D eigenvalue weighted by atomic mass is 10.1. The van der Waals surface area contributed by atoms with Crippen molar-refractivity contribution in [3.63, 3.8) is 0 Å². The molecule has 0 spiro atoms. The molecule has 0 aromatic rings. The van der Waals surface area contributed by atoms with E-state index >= 15 is 0 Å². The molecule has 0 fully saturated rings. The number of carbonyl (C=O) groups excluding carboxylic acids is 3. The van der Waals surface area contributed by atoms with Gasteiger partial charge in [-0.3, -0.25) is 14.4 Å². The molecule has 0 aliphatic carbocycles. The van der Waals surface area contributed by atoms with E-state index in [1.54, 1.807) is 6.08 Å². The molecular weight excluding hydrogens is 721 g/mol. The lowest BCUT2D eigenvalue weighted by Gasteiger charge is -2.18. The third-order valence-electron chi connectivity index (χ3n) is 9.36. The molecule has 0 aromatic carbocycles. The van der Waals surface area contributed by atoms with Gasteiger partial charge in [-0.05, 0) is 89.9 Å². The predicted molar refractivity (Wildman–Crippen MR) is 247 cm³/mol. The van der Waals surface area contributed by atoms with Gasteiger partial charge in [0.15, 0.2) is 6.10 Å². The highest BCUT2D eigenvalue weighted by Crippen LogP contribution is 2.12. The minimum atomic E-state index is -0.823. The molecule has 0 saturated carbocycles. The van der Waals surface area contributed by atoms with Gasteiger partial charge in [-0.2, -0.15) is 0 Å². The van der Waals surface area contributed by atoms with Gasteiger partial charge in [-0.1, -0.05) is 182 Å². The summed E-state index contributed by atoms with van der Waals surface area (Å²) in [5, 5.41) is 0. The molecular formula is C52H84O6. The Morgan fingerprint density at radius 3 is 1.31 bits per heavy atom. The van der Waals surface area contributed by atoms with Crippen LogP contribution in [0.3, 0.4) is 0 Å². The summed E-state index contributed by atoms with van der Waals surface area (Å²) in [6, 6.07) is 0. The molecule has 0 bridgehead atoms. The van der Waals surface area contributed by atoms with Crippen molar-refractivity contribution in [2.75, 3.05) is 13.2 Å². The number of unbranched alkanes of at least 4 members (excludes halogenated alkanes) is 15. The fraction of sp³-hybridized carbons (Fsp3) is 0.635. The number of rotatable bonds is 40. The van der Waals surface area contributed by atoms with E-state index in [9.17, 15) is 14.4 Å². The maximum Gasteiger partial charge on any atom is 0.309 e. The second-order valence-electron chi connectivity index (χ2n) is 14.9. The lowest BCUT2D eigenvalue weighted by Crippen LogP contribution is -2.30. The Labute approximate surface area is 356 Å². The summed E-state index contributed by atoms with van der Waals surface area (Å²) in [5.74, 6) is -1.08. The van der Waals surface area contributed by atoms with Crippen molar-refractivity contribution < 1.29 is 28.6 Å². The summed E-state index contributed by atoms with van der Waals surface area (Å²) >= 11 is 0. The average molecular weight is 805 g/mol. The van der Waals surface area contributed by atoms with E-state index in [2.05, 4.69) is 106 Å². The van der Waals surface area contributed by atoms with Crippen LogP contribution in [0.1, 0.15) is 194 Å². The number of ether oxygens (including phenoxy) is 3. The Morgan fingerprint density at radius 2 is 0.793 bits per heavy atom. The minimum Gasteiger partial charge on any atom is -0.462 e. The lowest BCUT2D eigenvalue weighted by molar-refractivity contribution is -0.166. The predicted octanol–water partition coefficient (Wildman–Crippen LogP) is 15.0. The van der Waals surface area contributed by atoms with Gasteiger partial charge in [0.2, 0.25) is 0 Å². The average Bonchev–Trinajstić information content (AvgIpc) is 3.22. The van der Waals surface area contributed by atoms with Crippen LogP contribution >= 0.6 is 0 Å². The largest absolute Gasteiger partial charge is 0.462 e. The number of hydrogen-bond acceptors (Lipinski definition) is 6. The van der Waals surface area contributed by atoms with Gasteiger partial charge in [-0.15, -0.1) is 0 Å². The second-order valence-corrected chi connectivity index (χ2v) is 14.9. The third-order valence-corrected chi connectivity index (χ3v) is 9.36. The molecule has 0 radical (unpaired) electrons. The van der Waals surface area contributed by atoms with Crippen molar-refractivity contribution in [3.8, 4) is 0 Å². The molecule has 58 heavy (non-hydrogen) atoms. The SMILES string of the molecule is CC/C=C\C/C=C\C/C=C\CCCCCCCCC(=O)OCC(COC(=O)C/C=C\C/C=C\C/C=C\CC)OC(=O)CCCCCCCC/C=C\C=C/CCCCC. The molecule has 0 aliphatic rings. The van der Waals surface area contributed by atoms with Crippen LogP contribution in [-0.4, -0.2) is 37.2 Å². The summed E-state index contributed by atoms with van der Waals surface area (Å²) in [4.78, 5) is 37.7. The molecule has 0 N–H and O–H groups in total. The number of allylic oxidation sites excluding steroid dienone is 15. The molecule has 0 aliphatic heterocycles. The second kappa shape index (κ2) is 46.0. The van der Waals surface area contributed by atoms with Crippen molar-refractivity contribution >= 4 is 17.9 Å². The standard InChI is InChI=1S/C52H84O6/c1-4-7-10-13-16-19-21-23-25-27-28-30-33-36-39-42-45-51(54)57-48-49(47-56-50(53)44-41-38-35-32-18-15-12-9-6-3)58-52(55)46-43-40-37-34-31-29-26-24-22-20-17-14-11-8-5-2/h7,9-10,12,16-20,22-25,32,38,41,49H,4-6,8,11,13-15,21,26-31,33-37,39-40,42-48H2,1-3H3/b10-7-,12-9-,19-16-,20-17-,24-22-,25-23-,32-18-,41-38-. The maximum atomic E-state index is 12.7. The van der Waals surface area contributed by atoms with Crippen LogP contribution in [0, 0.1) is 0 Å². The molecule has 328 valence electrons. The van der Waals surface area contributed by atoms with Crippen molar-refractivity contribution in [3.05, 3.63) is 97.2 Å². The van der Waals surface area contributed by atoms with E-state index in [0.717, 1.165) is 109 Å². The van der Waals surface area contributed by atoms with Crippen LogP contribution in [0.2, 0.25) is 0 Å². The van der Waals surface area contributed by atoms with Crippen LogP contribution in [0.5, 0.6) is 0 Å². The van der Waals surface area contributed by atoms with Gasteiger partial charge in [0.1, 0.15) is 13.2 Å². The van der Waals surface area contributed by atoms with E-state index in [1.807, 2.05) is 6.08 Å². The highest BCUT2D eigenvalue weighted by molar-refractivity contribution is 5.72. The van der Waals surface area contributed by atoms with Crippen molar-refractivity contribution in [1.29, 1.82) is 0 Å². The highest BCUT2D eigenvalue weighted by atomic mass is 16.6. The Kier molecular flexibility index (Phi) is 43.1. The first kappa shape index (κ1) is 54.3. The molecule has 0 amide bonds. The van der Waals surface area contributed by atoms with Gasteiger partial charge < -0.3 is 14.2 Å². The van der Waals surface area contributed by atoms with Gasteiger partial charge in [0, 0.05) is 12.8 Å². The molecule has 0 aromatic heterocycles. The third kappa shape index (κ3) is 43.5. The van der Waals surface area contributed by atoms with Crippen LogP contribution in [0.15, 0.2) is 97.2 Å². The van der Waals surface area contributed by atoms with E-state index < -0.39 is 12.1 Å². The summed E-state index contributed by atoms with van der Waals surface area (Å²) in [5.41, 5.74) is 0. The number of carbonyl (C=O) groups is 3. The number of esters is 3. The Hall–Kier alpha value is -3.67. The number of hydrogen-bond donors (Lipinski definition) is 0. The molecule has 0 heterocycles. The summed E-state index contributed by atoms with van der Waals surface area (Å²) in [7, 11) is 0. The quantitative estimate of drug-likeness (QED) is 0.0202. The summed E-state index contributed by atoms with van der Waals surface area (Å²) in [6.45, 7) is 6.23. The van der Waals surface area contributed by atoms with Gasteiger partial charge in [0.05, 0.1) is 6.42 Å². The molecule has 0 rings (SSSR count). The Balaban J connectivity index is 4.46. The Morgan fingerprint density at radius 1 is 0.397 bits per heavy atom. The molecule has 6 nitrogen and oxygen atoms in total. The van der Waals surface area contributed by atoms with Crippen molar-refractivity contribution in [1.82, 2.24) is 0 Å². The molecule has 0 saturated heterocycles. The fourth-order valence-corrected chi connectivity index (χ4v) is 5.92. The fourth-order valence-electron chi connectivity index (χ4n) is 5.92. The van der Waals surface area contributed by atoms with E-state index in [0.29, 0.717) is 12.8 Å². The first-order valence-electron chi connectivity index (χ1n) is 23.3. The van der Waals surface area contributed by atoms with E-state index in [-0.39, 0.29) is 31.6 Å². The van der Waals surface area contributed by atoms with Crippen LogP contribution in [0.25, 0.3) is 0 Å². The molecule has 6 heteroatoms. The highest BCUT2D eigenvalue weighted by Gasteiger charge is 2.19. The van der Waals surface area contributed by atoms with Crippen LogP contribution in [0.4, 0.5) is 0 Å². The van der Waals surface area contributed by atoms with Gasteiger partial charge in [0.25, 0.3) is 0 Å². The first-order valence-corrected chi connectivity index (χ1v) is 23.3. The molecule has 1 atom stereocenters. The normalized spacial score (nSPS) is 12.9. The van der Waals surface area contributed by atoms with Crippen LogP contribution < -0.4 is 0 Å². The van der Waals surface area contributed by atoms with E-state index in [4.69, 9.17) is 14.2 Å². The van der Waals surface area contributed by atoms with Crippen molar-refractivity contribution in [2.24, 2.45) is 0 Å². The van der Waals surface area contributed by atoms with Crippen LogP contribution in [-0.2, 0) is 28.6 Å². The summed E-state index contributed by atoms with van der Waals surface area (Å²) in [6.07, 6.45) is 59.9. The van der Waals surface area contributed by atoms with Gasteiger partial charge >= 0.3 is 17.9 Å². The minimum absolute atomic E-state index is 0.118. The van der Waals surface area contributed by atoms with Gasteiger partial charge in [-0.25, -0.2) is 0 Å². The monoisotopic (exact) mass is 805 g/mol. The van der Waals surface area contributed by atoms with E-state index in [1.165, 1.54) is 44.9 Å². The zero-order valence-corrected chi connectivity index (χ0v) is 37.3. The zero-order chi connectivity index (χ0) is 42.3. The molecule has 1 unspecified atom stereocenters. The van der Waals surface area contributed by atoms with Crippen molar-refractivity contribution in [2.45, 2.75) is 200 Å². The smallest absolute Gasteiger partial charge is 0.309 e. The first-order chi connectivity index (χ1) is 28.5. The Bertz CT molecular complexity index is 1200.